The number of hydrogen-bond donors (Lipinski definition) is 1. The Bertz CT molecular complexity index is 233. The molecule has 0 radical (unpaired) electrons. The number of nitrogens with zero attached hydrogens (tertiary/aromatic N) is 1. The summed E-state index contributed by atoms with van der Waals surface area (Å²) in [6.07, 6.45) is 4.91. The lowest BCUT2D eigenvalue weighted by Gasteiger charge is -2.02. The van der Waals surface area contributed by atoms with Crippen LogP contribution in [0.3, 0.4) is 0 Å². The normalized spacial score (nSPS) is 10.2. The molecule has 0 saturated heterocycles. The Balaban J connectivity index is 2.60. The van der Waals surface area contributed by atoms with Crippen LogP contribution in [0.4, 0.5) is 0 Å². The molecule has 0 saturated carbocycles. The number of aryl methyl sites for hydroxylation is 1. The Hall–Kier alpha value is -0.890. The number of nitrogens with one attached hydrogen (secondary N) is 1. The predicted octanol–water partition coefficient (Wildman–Crippen LogP) is 1.75. The lowest BCUT2D eigenvalue weighted by Crippen LogP contribution is -2.11. The molecule has 0 aliphatic heterocycles. The van der Waals surface area contributed by atoms with Crippen molar-refractivity contribution in [3.05, 3.63) is 29.6 Å². The third-order valence-corrected chi connectivity index (χ3v) is 1.84. The van der Waals surface area contributed by atoms with E-state index in [4.69, 9.17) is 0 Å². The van der Waals surface area contributed by atoms with Crippen molar-refractivity contribution in [2.45, 2.75) is 26.8 Å². The van der Waals surface area contributed by atoms with E-state index in [-0.39, 0.29) is 0 Å². The van der Waals surface area contributed by atoms with Crippen LogP contribution in [0.25, 0.3) is 0 Å². The van der Waals surface area contributed by atoms with E-state index in [1.165, 1.54) is 11.1 Å². The van der Waals surface area contributed by atoms with Crippen molar-refractivity contribution in [2.24, 2.45) is 0 Å². The average molecular weight is 164 g/mol. The Morgan fingerprint density at radius 2 is 2.00 bits per heavy atom. The Kier molecular flexibility index (Phi) is 3.74. The van der Waals surface area contributed by atoms with E-state index < -0.39 is 0 Å². The second kappa shape index (κ2) is 4.88. The van der Waals surface area contributed by atoms with Gasteiger partial charge in [-0.05, 0) is 24.1 Å². The van der Waals surface area contributed by atoms with Crippen LogP contribution in [-0.4, -0.2) is 11.5 Å². The van der Waals surface area contributed by atoms with Crippen LogP contribution in [0.5, 0.6) is 0 Å². The summed E-state index contributed by atoms with van der Waals surface area (Å²) in [5, 5.41) is 3.28. The monoisotopic (exact) mass is 164 g/mol. The van der Waals surface area contributed by atoms with Crippen LogP contribution in [0.2, 0.25) is 0 Å². The first-order valence-electron chi connectivity index (χ1n) is 4.50. The van der Waals surface area contributed by atoms with Crippen LogP contribution in [-0.2, 0) is 13.0 Å². The van der Waals surface area contributed by atoms with Crippen LogP contribution in [0, 0.1) is 0 Å². The van der Waals surface area contributed by atoms with Gasteiger partial charge in [0.25, 0.3) is 0 Å². The van der Waals surface area contributed by atoms with Gasteiger partial charge in [0.15, 0.2) is 0 Å². The summed E-state index contributed by atoms with van der Waals surface area (Å²) >= 11 is 0. The summed E-state index contributed by atoms with van der Waals surface area (Å²) in [5.74, 6) is 0. The van der Waals surface area contributed by atoms with Crippen molar-refractivity contribution in [1.82, 2.24) is 10.3 Å². The molecule has 1 rings (SSSR count). The summed E-state index contributed by atoms with van der Waals surface area (Å²) in [4.78, 5) is 4.17. The molecule has 0 unspecified atom stereocenters. The zero-order valence-electron chi connectivity index (χ0n) is 7.80. The van der Waals surface area contributed by atoms with E-state index >= 15 is 0 Å². The van der Waals surface area contributed by atoms with Gasteiger partial charge in [0, 0.05) is 18.9 Å². The fourth-order valence-corrected chi connectivity index (χ4v) is 1.10. The topological polar surface area (TPSA) is 24.9 Å². The van der Waals surface area contributed by atoms with Crippen LogP contribution in [0.15, 0.2) is 18.5 Å². The average Bonchev–Trinajstić information content (AvgIpc) is 2.15. The molecule has 2 nitrogen and oxygen atoms in total. The Morgan fingerprint density at radius 1 is 1.25 bits per heavy atom. The summed E-state index contributed by atoms with van der Waals surface area (Å²) in [6.45, 7) is 6.19. The first-order chi connectivity index (χ1) is 5.86. The number of pyridine rings is 1. The molecule has 0 aliphatic rings. The number of aromatic nitrogens is 1. The van der Waals surface area contributed by atoms with Gasteiger partial charge in [-0.3, -0.25) is 4.98 Å². The molecule has 0 aliphatic carbocycles. The van der Waals surface area contributed by atoms with Crippen molar-refractivity contribution in [3.8, 4) is 0 Å². The molecule has 12 heavy (non-hydrogen) atoms. The Labute approximate surface area is 74.0 Å². The van der Waals surface area contributed by atoms with Gasteiger partial charge >= 0.3 is 0 Å². The molecule has 0 amide bonds. The second-order valence-corrected chi connectivity index (χ2v) is 2.84. The lowest BCUT2D eigenvalue weighted by molar-refractivity contribution is 0.723. The largest absolute Gasteiger partial charge is 0.313 e. The maximum Gasteiger partial charge on any atom is 0.0313 e. The fraction of sp³-hybridized carbons (Fsp3) is 0.500. The highest BCUT2D eigenvalue weighted by Crippen LogP contribution is 2.02. The van der Waals surface area contributed by atoms with E-state index in [0.717, 1.165) is 19.5 Å². The van der Waals surface area contributed by atoms with Gasteiger partial charge in [-0.25, -0.2) is 0 Å². The maximum atomic E-state index is 4.17. The minimum atomic E-state index is 0.928. The van der Waals surface area contributed by atoms with Gasteiger partial charge in [-0.2, -0.15) is 0 Å². The molecule has 1 aromatic heterocycles. The molecule has 1 aromatic rings. The highest BCUT2D eigenvalue weighted by Gasteiger charge is 1.93. The summed E-state index contributed by atoms with van der Waals surface area (Å²) in [7, 11) is 0. The van der Waals surface area contributed by atoms with Gasteiger partial charge in [0.2, 0.25) is 0 Å². The van der Waals surface area contributed by atoms with E-state index in [2.05, 4.69) is 30.2 Å². The van der Waals surface area contributed by atoms with Crippen molar-refractivity contribution < 1.29 is 0 Å². The highest BCUT2D eigenvalue weighted by atomic mass is 14.8. The molecule has 1 N–H and O–H groups in total. The van der Waals surface area contributed by atoms with Gasteiger partial charge in [-0.15, -0.1) is 0 Å². The summed E-state index contributed by atoms with van der Waals surface area (Å²) in [6, 6.07) is 2.20. The third kappa shape index (κ3) is 2.62. The second-order valence-electron chi connectivity index (χ2n) is 2.84. The minimum Gasteiger partial charge on any atom is -0.313 e. The molecule has 1 heterocycles. The van der Waals surface area contributed by atoms with Crippen molar-refractivity contribution in [2.75, 3.05) is 6.54 Å². The number of hydrogen-bond acceptors (Lipinski definition) is 2. The first-order valence-corrected chi connectivity index (χ1v) is 4.50. The van der Waals surface area contributed by atoms with Gasteiger partial charge in [-0.1, -0.05) is 19.9 Å². The molecule has 0 atom stereocenters. The zero-order chi connectivity index (χ0) is 8.81. The zero-order valence-corrected chi connectivity index (χ0v) is 7.80. The molecular formula is C10H16N2. The van der Waals surface area contributed by atoms with E-state index in [0.29, 0.717) is 0 Å². The molecule has 2 heteroatoms. The van der Waals surface area contributed by atoms with Gasteiger partial charge in [0.1, 0.15) is 0 Å². The quantitative estimate of drug-likeness (QED) is 0.733. The molecule has 0 fully saturated rings. The van der Waals surface area contributed by atoms with E-state index in [1.54, 1.807) is 0 Å². The predicted molar refractivity (Wildman–Crippen MR) is 51.0 cm³/mol. The molecular weight excluding hydrogens is 148 g/mol. The molecule has 0 spiro atoms. The van der Waals surface area contributed by atoms with Crippen molar-refractivity contribution >= 4 is 0 Å². The summed E-state index contributed by atoms with van der Waals surface area (Å²) in [5.41, 5.74) is 2.58. The van der Waals surface area contributed by atoms with E-state index in [1.807, 2.05) is 12.4 Å². The van der Waals surface area contributed by atoms with Gasteiger partial charge in [0.05, 0.1) is 0 Å². The maximum absolute atomic E-state index is 4.17. The van der Waals surface area contributed by atoms with Crippen LogP contribution in [0.1, 0.15) is 25.0 Å². The van der Waals surface area contributed by atoms with Crippen molar-refractivity contribution in [3.63, 3.8) is 0 Å². The SMILES string of the molecule is CCNCc1cncc(CC)c1. The molecule has 0 aromatic carbocycles. The van der Waals surface area contributed by atoms with Crippen LogP contribution < -0.4 is 5.32 Å². The van der Waals surface area contributed by atoms with Crippen molar-refractivity contribution in [1.29, 1.82) is 0 Å². The Morgan fingerprint density at radius 3 is 2.67 bits per heavy atom. The van der Waals surface area contributed by atoms with E-state index in [9.17, 15) is 0 Å². The standard InChI is InChI=1S/C10H16N2/c1-3-9-5-10(7-11-4-2)8-12-6-9/h5-6,8,11H,3-4,7H2,1-2H3. The highest BCUT2D eigenvalue weighted by molar-refractivity contribution is 5.17. The number of rotatable bonds is 4. The minimum absolute atomic E-state index is 0.928. The smallest absolute Gasteiger partial charge is 0.0313 e. The lowest BCUT2D eigenvalue weighted by atomic mass is 10.2. The molecule has 0 bridgehead atoms. The first kappa shape index (κ1) is 9.20. The third-order valence-electron chi connectivity index (χ3n) is 1.84. The van der Waals surface area contributed by atoms with Gasteiger partial charge < -0.3 is 5.32 Å². The van der Waals surface area contributed by atoms with Crippen LogP contribution >= 0.6 is 0 Å². The summed E-state index contributed by atoms with van der Waals surface area (Å²) < 4.78 is 0. The molecule has 66 valence electrons. The fourth-order valence-electron chi connectivity index (χ4n) is 1.10.